The van der Waals surface area contributed by atoms with Crippen molar-refractivity contribution in [2.45, 2.75) is 37.7 Å². The van der Waals surface area contributed by atoms with E-state index in [4.69, 9.17) is 0 Å². The van der Waals surface area contributed by atoms with E-state index >= 15 is 0 Å². The lowest BCUT2D eigenvalue weighted by Crippen LogP contribution is -2.44. The van der Waals surface area contributed by atoms with Crippen LogP contribution < -0.4 is 5.32 Å². The smallest absolute Gasteiger partial charge is 0.270 e. The molecule has 1 aliphatic carbocycles. The van der Waals surface area contributed by atoms with Crippen LogP contribution in [0.5, 0.6) is 0 Å². The number of hydrogen-bond acceptors (Lipinski definition) is 3. The van der Waals surface area contributed by atoms with E-state index in [1.807, 2.05) is 0 Å². The first kappa shape index (κ1) is 13.5. The Morgan fingerprint density at radius 2 is 2.11 bits per heavy atom. The standard InChI is InChI=1S/C13H17BrN2O2/c14-11-6-4-5-10(16-11)12(17)15-9-13(18)7-2-1-3-8-13/h4-6,18H,1-3,7-9H2,(H,15,17). The number of aromatic nitrogens is 1. The molecule has 1 aromatic rings. The van der Waals surface area contributed by atoms with Gasteiger partial charge < -0.3 is 10.4 Å². The van der Waals surface area contributed by atoms with Gasteiger partial charge in [0.1, 0.15) is 10.3 Å². The lowest BCUT2D eigenvalue weighted by atomic mass is 9.85. The Balaban J connectivity index is 1.92. The maximum atomic E-state index is 11.9. The zero-order valence-electron chi connectivity index (χ0n) is 10.2. The molecule has 0 aromatic carbocycles. The Morgan fingerprint density at radius 3 is 2.78 bits per heavy atom. The van der Waals surface area contributed by atoms with Gasteiger partial charge in [0.2, 0.25) is 0 Å². The largest absolute Gasteiger partial charge is 0.388 e. The molecule has 1 aliphatic rings. The van der Waals surface area contributed by atoms with Gasteiger partial charge in [0.05, 0.1) is 5.60 Å². The van der Waals surface area contributed by atoms with Gasteiger partial charge in [-0.05, 0) is 40.9 Å². The summed E-state index contributed by atoms with van der Waals surface area (Å²) in [6.07, 6.45) is 4.75. The highest BCUT2D eigenvalue weighted by molar-refractivity contribution is 9.10. The molecule has 0 spiro atoms. The second kappa shape index (κ2) is 5.80. The van der Waals surface area contributed by atoms with E-state index in [0.717, 1.165) is 25.7 Å². The van der Waals surface area contributed by atoms with E-state index in [2.05, 4.69) is 26.2 Å². The normalized spacial score (nSPS) is 18.3. The number of pyridine rings is 1. The van der Waals surface area contributed by atoms with Crippen molar-refractivity contribution in [1.29, 1.82) is 0 Å². The van der Waals surface area contributed by atoms with Crippen LogP contribution in [0.2, 0.25) is 0 Å². The molecule has 0 atom stereocenters. The summed E-state index contributed by atoms with van der Waals surface area (Å²) < 4.78 is 0.631. The highest BCUT2D eigenvalue weighted by atomic mass is 79.9. The van der Waals surface area contributed by atoms with Crippen molar-refractivity contribution in [2.75, 3.05) is 6.54 Å². The molecular formula is C13H17BrN2O2. The summed E-state index contributed by atoms with van der Waals surface area (Å²) in [7, 11) is 0. The summed E-state index contributed by atoms with van der Waals surface area (Å²) in [5.41, 5.74) is -0.372. The van der Waals surface area contributed by atoms with Crippen molar-refractivity contribution in [2.24, 2.45) is 0 Å². The van der Waals surface area contributed by atoms with Crippen molar-refractivity contribution in [3.05, 3.63) is 28.5 Å². The monoisotopic (exact) mass is 312 g/mol. The summed E-state index contributed by atoms with van der Waals surface area (Å²) in [6.45, 7) is 0.306. The van der Waals surface area contributed by atoms with Crippen LogP contribution in [0.15, 0.2) is 22.8 Å². The first-order valence-electron chi connectivity index (χ1n) is 6.22. The minimum atomic E-state index is -0.736. The van der Waals surface area contributed by atoms with Crippen molar-refractivity contribution < 1.29 is 9.90 Å². The number of rotatable bonds is 3. The molecule has 1 saturated carbocycles. The molecule has 98 valence electrons. The molecule has 5 heteroatoms. The van der Waals surface area contributed by atoms with E-state index in [1.165, 1.54) is 6.42 Å². The molecule has 4 nitrogen and oxygen atoms in total. The molecule has 0 saturated heterocycles. The van der Waals surface area contributed by atoms with Crippen LogP contribution in [0, 0.1) is 0 Å². The zero-order valence-corrected chi connectivity index (χ0v) is 11.7. The minimum absolute atomic E-state index is 0.240. The van der Waals surface area contributed by atoms with E-state index in [9.17, 15) is 9.90 Å². The van der Waals surface area contributed by atoms with Crippen LogP contribution in [0.4, 0.5) is 0 Å². The van der Waals surface area contributed by atoms with Crippen molar-refractivity contribution in [3.8, 4) is 0 Å². The first-order chi connectivity index (χ1) is 8.59. The Kier molecular flexibility index (Phi) is 4.35. The molecule has 0 aliphatic heterocycles. The number of carbonyl (C=O) groups is 1. The maximum absolute atomic E-state index is 11.9. The molecule has 1 heterocycles. The summed E-state index contributed by atoms with van der Waals surface area (Å²) in [5.74, 6) is -0.240. The Hall–Kier alpha value is -0.940. The Labute approximate surface area is 115 Å². The molecule has 2 N–H and O–H groups in total. The summed E-state index contributed by atoms with van der Waals surface area (Å²) in [4.78, 5) is 16.0. The molecule has 1 amide bonds. The zero-order chi connectivity index (χ0) is 13.0. The van der Waals surface area contributed by atoms with E-state index in [1.54, 1.807) is 18.2 Å². The number of hydrogen-bond donors (Lipinski definition) is 2. The summed E-state index contributed by atoms with van der Waals surface area (Å²) >= 11 is 3.23. The highest BCUT2D eigenvalue weighted by Crippen LogP contribution is 2.27. The lowest BCUT2D eigenvalue weighted by Gasteiger charge is -2.32. The Bertz CT molecular complexity index is 431. The maximum Gasteiger partial charge on any atom is 0.270 e. The number of halogens is 1. The van der Waals surface area contributed by atoms with Gasteiger partial charge in [-0.3, -0.25) is 4.79 Å². The van der Waals surface area contributed by atoms with Gasteiger partial charge in [-0.25, -0.2) is 4.98 Å². The van der Waals surface area contributed by atoms with E-state index in [-0.39, 0.29) is 5.91 Å². The van der Waals surface area contributed by atoms with Gasteiger partial charge in [-0.2, -0.15) is 0 Å². The quantitative estimate of drug-likeness (QED) is 0.842. The average Bonchev–Trinajstić information content (AvgIpc) is 2.37. The first-order valence-corrected chi connectivity index (χ1v) is 7.02. The molecule has 2 rings (SSSR count). The van der Waals surface area contributed by atoms with E-state index in [0.29, 0.717) is 16.8 Å². The van der Waals surface area contributed by atoms with Gasteiger partial charge in [0.25, 0.3) is 5.91 Å². The van der Waals surface area contributed by atoms with Crippen molar-refractivity contribution in [1.82, 2.24) is 10.3 Å². The SMILES string of the molecule is O=C(NCC1(O)CCCCC1)c1cccc(Br)n1. The molecule has 0 radical (unpaired) electrons. The number of amides is 1. The lowest BCUT2D eigenvalue weighted by molar-refractivity contribution is 0.00521. The molecule has 0 unspecified atom stereocenters. The summed E-state index contributed by atoms with van der Waals surface area (Å²) in [5, 5.41) is 13.0. The molecule has 1 fully saturated rings. The number of nitrogens with zero attached hydrogens (tertiary/aromatic N) is 1. The topological polar surface area (TPSA) is 62.2 Å². The van der Waals surface area contributed by atoms with Crippen molar-refractivity contribution >= 4 is 21.8 Å². The van der Waals surface area contributed by atoms with Gasteiger partial charge in [0, 0.05) is 6.54 Å². The third kappa shape index (κ3) is 3.53. The Morgan fingerprint density at radius 1 is 1.39 bits per heavy atom. The second-order valence-electron chi connectivity index (χ2n) is 4.81. The fourth-order valence-corrected chi connectivity index (χ4v) is 2.60. The number of nitrogens with one attached hydrogen (secondary N) is 1. The van der Waals surface area contributed by atoms with Crippen LogP contribution >= 0.6 is 15.9 Å². The average molecular weight is 313 g/mol. The molecule has 0 bridgehead atoms. The van der Waals surface area contributed by atoms with E-state index < -0.39 is 5.60 Å². The fourth-order valence-electron chi connectivity index (χ4n) is 2.26. The van der Waals surface area contributed by atoms with Crippen LogP contribution in [-0.4, -0.2) is 28.1 Å². The van der Waals surface area contributed by atoms with Crippen molar-refractivity contribution in [3.63, 3.8) is 0 Å². The fraction of sp³-hybridized carbons (Fsp3) is 0.538. The van der Waals surface area contributed by atoms with Crippen LogP contribution in [0.3, 0.4) is 0 Å². The van der Waals surface area contributed by atoms with Crippen LogP contribution in [0.1, 0.15) is 42.6 Å². The summed E-state index contributed by atoms with van der Waals surface area (Å²) in [6, 6.07) is 5.19. The van der Waals surface area contributed by atoms with Gasteiger partial charge in [0.15, 0.2) is 0 Å². The van der Waals surface area contributed by atoms with Gasteiger partial charge >= 0.3 is 0 Å². The molecule has 1 aromatic heterocycles. The molecule has 18 heavy (non-hydrogen) atoms. The van der Waals surface area contributed by atoms with Crippen LogP contribution in [-0.2, 0) is 0 Å². The minimum Gasteiger partial charge on any atom is -0.388 e. The third-order valence-corrected chi connectivity index (χ3v) is 3.75. The number of carbonyl (C=O) groups excluding carboxylic acids is 1. The highest BCUT2D eigenvalue weighted by Gasteiger charge is 2.29. The predicted molar refractivity (Wildman–Crippen MR) is 72.3 cm³/mol. The third-order valence-electron chi connectivity index (χ3n) is 3.31. The molecular weight excluding hydrogens is 296 g/mol. The second-order valence-corrected chi connectivity index (χ2v) is 5.63. The van der Waals surface area contributed by atoms with Gasteiger partial charge in [-0.1, -0.05) is 25.3 Å². The number of aliphatic hydroxyl groups is 1. The van der Waals surface area contributed by atoms with Crippen LogP contribution in [0.25, 0.3) is 0 Å². The van der Waals surface area contributed by atoms with Gasteiger partial charge in [-0.15, -0.1) is 0 Å². The predicted octanol–water partition coefficient (Wildman–Crippen LogP) is 2.27.